The first-order valence-electron chi connectivity index (χ1n) is 6.82. The lowest BCUT2D eigenvalue weighted by molar-refractivity contribution is 0.548. The highest BCUT2D eigenvalue weighted by Crippen LogP contribution is 2.22. The summed E-state index contributed by atoms with van der Waals surface area (Å²) in [5, 5.41) is 4.25. The number of nitrogens with zero attached hydrogens (tertiary/aromatic N) is 1. The molecule has 104 valence electrons. The molecule has 0 aliphatic carbocycles. The molecule has 3 nitrogen and oxygen atoms in total. The largest absolute Gasteiger partial charge is 0.461 e. The van der Waals surface area contributed by atoms with Gasteiger partial charge < -0.3 is 4.42 Å². The van der Waals surface area contributed by atoms with Crippen molar-refractivity contribution in [1.29, 1.82) is 0 Å². The van der Waals surface area contributed by atoms with Gasteiger partial charge in [-0.05, 0) is 42.8 Å². The lowest BCUT2D eigenvalue weighted by Crippen LogP contribution is -1.90. The Morgan fingerprint density at radius 2 is 1.81 bits per heavy atom. The predicted octanol–water partition coefficient (Wildman–Crippen LogP) is 4.70. The van der Waals surface area contributed by atoms with Gasteiger partial charge in [-0.1, -0.05) is 36.4 Å². The average Bonchev–Trinajstić information content (AvgIpc) is 2.95. The molecular formula is C18H16N2O. The molecule has 1 aromatic heterocycles. The Balaban J connectivity index is 1.74. The molecule has 0 bridgehead atoms. The van der Waals surface area contributed by atoms with Crippen LogP contribution in [0.3, 0.4) is 0 Å². The number of nitrogens with one attached hydrogen (secondary N) is 1. The minimum Gasteiger partial charge on any atom is -0.461 e. The first-order valence-corrected chi connectivity index (χ1v) is 6.82. The fraction of sp³-hybridized carbons (Fsp3) is 0.0556. The molecule has 0 radical (unpaired) electrons. The Kier molecular flexibility index (Phi) is 3.83. The standard InChI is InChI=1S/C18H16N2O/c1-14-10-11-18(21-14)16-7-5-6-15(12-16)13-19-20-17-8-3-2-4-9-17/h2-13,20H,1H3. The molecule has 0 saturated carbocycles. The van der Waals surface area contributed by atoms with Gasteiger partial charge in [-0.3, -0.25) is 5.43 Å². The van der Waals surface area contributed by atoms with Gasteiger partial charge in [0.25, 0.3) is 0 Å². The molecule has 1 N–H and O–H groups in total. The maximum atomic E-state index is 5.64. The molecule has 3 rings (SSSR count). The van der Waals surface area contributed by atoms with Gasteiger partial charge in [-0.15, -0.1) is 0 Å². The van der Waals surface area contributed by atoms with Crippen molar-refractivity contribution in [1.82, 2.24) is 0 Å². The molecule has 1 heterocycles. The van der Waals surface area contributed by atoms with Crippen LogP contribution in [0.1, 0.15) is 11.3 Å². The maximum Gasteiger partial charge on any atom is 0.134 e. The van der Waals surface area contributed by atoms with Crippen LogP contribution in [0.2, 0.25) is 0 Å². The van der Waals surface area contributed by atoms with Crippen molar-refractivity contribution >= 4 is 11.9 Å². The Morgan fingerprint density at radius 3 is 2.57 bits per heavy atom. The number of anilines is 1. The summed E-state index contributed by atoms with van der Waals surface area (Å²) >= 11 is 0. The summed E-state index contributed by atoms with van der Waals surface area (Å²) in [4.78, 5) is 0. The van der Waals surface area contributed by atoms with Crippen molar-refractivity contribution in [2.24, 2.45) is 5.10 Å². The van der Waals surface area contributed by atoms with Gasteiger partial charge in [-0.2, -0.15) is 5.10 Å². The van der Waals surface area contributed by atoms with Crippen LogP contribution in [0.15, 0.2) is 76.2 Å². The smallest absolute Gasteiger partial charge is 0.134 e. The number of hydrogen-bond donors (Lipinski definition) is 1. The Labute approximate surface area is 123 Å². The zero-order chi connectivity index (χ0) is 14.5. The van der Waals surface area contributed by atoms with Crippen LogP contribution in [0, 0.1) is 6.92 Å². The van der Waals surface area contributed by atoms with Crippen LogP contribution in [0.5, 0.6) is 0 Å². The second kappa shape index (κ2) is 6.09. The highest BCUT2D eigenvalue weighted by Gasteiger charge is 2.02. The first kappa shape index (κ1) is 13.2. The maximum absolute atomic E-state index is 5.64. The van der Waals surface area contributed by atoms with E-state index in [1.807, 2.05) is 67.6 Å². The van der Waals surface area contributed by atoms with E-state index in [-0.39, 0.29) is 0 Å². The molecule has 0 amide bonds. The van der Waals surface area contributed by atoms with E-state index in [2.05, 4.69) is 16.6 Å². The molecular weight excluding hydrogens is 260 g/mol. The predicted molar refractivity (Wildman–Crippen MR) is 86.5 cm³/mol. The molecule has 2 aromatic carbocycles. The summed E-state index contributed by atoms with van der Waals surface area (Å²) < 4.78 is 5.64. The van der Waals surface area contributed by atoms with Gasteiger partial charge >= 0.3 is 0 Å². The number of hydrazone groups is 1. The van der Waals surface area contributed by atoms with Crippen molar-refractivity contribution in [2.75, 3.05) is 5.43 Å². The van der Waals surface area contributed by atoms with E-state index in [9.17, 15) is 0 Å². The van der Waals surface area contributed by atoms with Crippen molar-refractivity contribution in [3.8, 4) is 11.3 Å². The zero-order valence-electron chi connectivity index (χ0n) is 11.8. The van der Waals surface area contributed by atoms with Gasteiger partial charge in [0.05, 0.1) is 11.9 Å². The van der Waals surface area contributed by atoms with E-state index in [0.717, 1.165) is 28.3 Å². The van der Waals surface area contributed by atoms with Crippen LogP contribution in [-0.4, -0.2) is 6.21 Å². The number of para-hydroxylation sites is 1. The van der Waals surface area contributed by atoms with Gasteiger partial charge in [0, 0.05) is 5.56 Å². The third-order valence-electron chi connectivity index (χ3n) is 3.09. The third-order valence-corrected chi connectivity index (χ3v) is 3.09. The Hall–Kier alpha value is -2.81. The van der Waals surface area contributed by atoms with E-state index in [0.29, 0.717) is 0 Å². The van der Waals surface area contributed by atoms with E-state index in [1.54, 1.807) is 6.21 Å². The molecule has 3 heteroatoms. The van der Waals surface area contributed by atoms with E-state index in [1.165, 1.54) is 0 Å². The minimum atomic E-state index is 0.874. The van der Waals surface area contributed by atoms with Crippen molar-refractivity contribution in [3.05, 3.63) is 78.1 Å². The molecule has 0 aliphatic heterocycles. The fourth-order valence-corrected chi connectivity index (χ4v) is 2.06. The molecule has 0 saturated heterocycles. The molecule has 0 unspecified atom stereocenters. The number of hydrogen-bond acceptors (Lipinski definition) is 3. The molecule has 21 heavy (non-hydrogen) atoms. The fourth-order valence-electron chi connectivity index (χ4n) is 2.06. The van der Waals surface area contributed by atoms with E-state index in [4.69, 9.17) is 4.42 Å². The monoisotopic (exact) mass is 276 g/mol. The van der Waals surface area contributed by atoms with Crippen LogP contribution < -0.4 is 5.43 Å². The van der Waals surface area contributed by atoms with Gasteiger partial charge in [0.1, 0.15) is 11.5 Å². The number of rotatable bonds is 4. The van der Waals surface area contributed by atoms with Gasteiger partial charge in [-0.25, -0.2) is 0 Å². The lowest BCUT2D eigenvalue weighted by Gasteiger charge is -2.00. The van der Waals surface area contributed by atoms with E-state index >= 15 is 0 Å². The van der Waals surface area contributed by atoms with Crippen molar-refractivity contribution in [3.63, 3.8) is 0 Å². The van der Waals surface area contributed by atoms with Crippen LogP contribution in [0.4, 0.5) is 5.69 Å². The average molecular weight is 276 g/mol. The number of furan rings is 1. The quantitative estimate of drug-likeness (QED) is 0.554. The normalized spacial score (nSPS) is 10.9. The zero-order valence-corrected chi connectivity index (χ0v) is 11.8. The minimum absolute atomic E-state index is 0.874. The topological polar surface area (TPSA) is 37.5 Å². The summed E-state index contributed by atoms with van der Waals surface area (Å²) in [6.07, 6.45) is 1.80. The van der Waals surface area contributed by atoms with Gasteiger partial charge in [0.15, 0.2) is 0 Å². The second-order valence-corrected chi connectivity index (χ2v) is 4.77. The van der Waals surface area contributed by atoms with Crippen LogP contribution in [0.25, 0.3) is 11.3 Å². The first-order chi connectivity index (χ1) is 10.3. The Morgan fingerprint density at radius 1 is 0.952 bits per heavy atom. The molecule has 0 atom stereocenters. The molecule has 0 aliphatic rings. The van der Waals surface area contributed by atoms with Crippen LogP contribution >= 0.6 is 0 Å². The number of aryl methyl sites for hydroxylation is 1. The lowest BCUT2D eigenvalue weighted by atomic mass is 10.1. The molecule has 0 spiro atoms. The molecule has 0 fully saturated rings. The van der Waals surface area contributed by atoms with Crippen molar-refractivity contribution in [2.45, 2.75) is 6.92 Å². The highest BCUT2D eigenvalue weighted by atomic mass is 16.3. The van der Waals surface area contributed by atoms with E-state index < -0.39 is 0 Å². The molecule has 3 aromatic rings. The van der Waals surface area contributed by atoms with Crippen LogP contribution in [-0.2, 0) is 0 Å². The summed E-state index contributed by atoms with van der Waals surface area (Å²) in [6, 6.07) is 21.9. The summed E-state index contributed by atoms with van der Waals surface area (Å²) in [7, 11) is 0. The second-order valence-electron chi connectivity index (χ2n) is 4.77. The van der Waals surface area contributed by atoms with Crippen molar-refractivity contribution < 1.29 is 4.42 Å². The highest BCUT2D eigenvalue weighted by molar-refractivity contribution is 5.82. The Bertz CT molecular complexity index is 745. The SMILES string of the molecule is Cc1ccc(-c2cccc(C=NNc3ccccc3)c2)o1. The summed E-state index contributed by atoms with van der Waals surface area (Å²) in [6.45, 7) is 1.94. The summed E-state index contributed by atoms with van der Waals surface area (Å²) in [5.41, 5.74) is 6.03. The summed E-state index contributed by atoms with van der Waals surface area (Å²) in [5.74, 6) is 1.79. The number of benzene rings is 2. The third kappa shape index (κ3) is 3.39. The van der Waals surface area contributed by atoms with Gasteiger partial charge in [0.2, 0.25) is 0 Å².